The Morgan fingerprint density at radius 2 is 1.23 bits per heavy atom. The van der Waals surface area contributed by atoms with Gasteiger partial charge in [0.2, 0.25) is 20.4 Å². The molecule has 0 amide bonds. The second kappa shape index (κ2) is 5.91. The van der Waals surface area contributed by atoms with Crippen molar-refractivity contribution in [2.45, 2.75) is 0 Å². The summed E-state index contributed by atoms with van der Waals surface area (Å²) in [4.78, 5) is 0. The molecule has 3 aromatic carbocycles. The summed E-state index contributed by atoms with van der Waals surface area (Å²) in [6.45, 7) is 0.440. The van der Waals surface area contributed by atoms with Gasteiger partial charge in [-0.1, -0.05) is 0 Å². The predicted octanol–water partition coefficient (Wildman–Crippen LogP) is 4.66. The van der Waals surface area contributed by atoms with Crippen LogP contribution in [-0.4, -0.2) is 25.5 Å². The first-order valence-corrected chi connectivity index (χ1v) is 9.64. The average Bonchev–Trinajstić information content (AvgIpc) is 3.55. The highest BCUT2D eigenvalue weighted by Gasteiger charge is 2.27. The number of aromatic hydroxyl groups is 1. The van der Waals surface area contributed by atoms with Crippen molar-refractivity contribution in [1.82, 2.24) is 0 Å². The Hall–Kier alpha value is -4.20. The Balaban J connectivity index is 1.52. The van der Waals surface area contributed by atoms with Crippen LogP contribution in [0.2, 0.25) is 0 Å². The molecule has 0 unspecified atom stereocenters. The maximum Gasteiger partial charge on any atom is 0.231 e. The number of phenols is 1. The maximum atomic E-state index is 10.8. The Morgan fingerprint density at radius 1 is 0.613 bits per heavy atom. The third kappa shape index (κ3) is 2.35. The van der Waals surface area contributed by atoms with Gasteiger partial charge in [0.15, 0.2) is 34.5 Å². The van der Waals surface area contributed by atoms with E-state index < -0.39 is 0 Å². The fourth-order valence-electron chi connectivity index (χ4n) is 4.13. The van der Waals surface area contributed by atoms with Crippen molar-refractivity contribution in [2.24, 2.45) is 0 Å². The molecule has 1 N–H and O–H groups in total. The number of hydrogen-bond acceptors (Lipinski definition) is 8. The zero-order valence-electron chi connectivity index (χ0n) is 16.0. The summed E-state index contributed by atoms with van der Waals surface area (Å²) >= 11 is 0. The molecule has 8 heteroatoms. The van der Waals surface area contributed by atoms with Crippen molar-refractivity contribution in [3.8, 4) is 62.7 Å². The van der Waals surface area contributed by atoms with E-state index in [9.17, 15) is 5.11 Å². The first-order chi connectivity index (χ1) is 15.2. The highest BCUT2D eigenvalue weighted by molar-refractivity contribution is 6.04. The van der Waals surface area contributed by atoms with E-state index in [0.717, 1.165) is 10.9 Å². The maximum absolute atomic E-state index is 10.8. The molecule has 4 heterocycles. The number of ether oxygens (including phenoxy) is 6. The molecule has 0 saturated carbocycles. The summed E-state index contributed by atoms with van der Waals surface area (Å²) in [6, 6.07) is 12.5. The van der Waals surface area contributed by atoms with E-state index in [0.29, 0.717) is 57.0 Å². The van der Waals surface area contributed by atoms with E-state index >= 15 is 0 Å². The molecule has 31 heavy (non-hydrogen) atoms. The van der Waals surface area contributed by atoms with Gasteiger partial charge in [-0.2, -0.15) is 0 Å². The summed E-state index contributed by atoms with van der Waals surface area (Å²) in [7, 11) is 0. The SMILES string of the molecule is Oc1cc2c(cc1-c1c(-c3ccc4c(c3)OCO4)oc3cc4c(cc13)OCO4)OCO2. The molecule has 0 radical (unpaired) electrons. The third-order valence-corrected chi connectivity index (χ3v) is 5.58. The summed E-state index contributed by atoms with van der Waals surface area (Å²) < 4.78 is 39.3. The highest BCUT2D eigenvalue weighted by Crippen LogP contribution is 2.51. The van der Waals surface area contributed by atoms with E-state index in [-0.39, 0.29) is 26.1 Å². The number of hydrogen-bond donors (Lipinski definition) is 1. The van der Waals surface area contributed by atoms with Gasteiger partial charge in [-0.25, -0.2) is 0 Å². The summed E-state index contributed by atoms with van der Waals surface area (Å²) in [6.07, 6.45) is 0. The van der Waals surface area contributed by atoms with Crippen LogP contribution >= 0.6 is 0 Å². The van der Waals surface area contributed by atoms with E-state index in [2.05, 4.69) is 0 Å². The number of rotatable bonds is 2. The molecule has 0 saturated heterocycles. The lowest BCUT2D eigenvalue weighted by atomic mass is 9.97. The van der Waals surface area contributed by atoms with E-state index in [1.807, 2.05) is 24.3 Å². The Bertz CT molecular complexity index is 1390. The minimum atomic E-state index is 0.0478. The minimum Gasteiger partial charge on any atom is -0.507 e. The van der Waals surface area contributed by atoms with Gasteiger partial charge >= 0.3 is 0 Å². The molecule has 3 aliphatic rings. The van der Waals surface area contributed by atoms with Gasteiger partial charge in [-0.05, 0) is 30.3 Å². The third-order valence-electron chi connectivity index (χ3n) is 5.58. The normalized spacial score (nSPS) is 15.1. The molecular weight excluding hydrogens is 404 g/mol. The molecule has 0 bridgehead atoms. The van der Waals surface area contributed by atoms with Crippen molar-refractivity contribution in [3.63, 3.8) is 0 Å². The smallest absolute Gasteiger partial charge is 0.231 e. The Morgan fingerprint density at radius 3 is 2.00 bits per heavy atom. The van der Waals surface area contributed by atoms with Crippen molar-refractivity contribution >= 4 is 11.0 Å². The standard InChI is InChI=1S/C23H14O8/c24-14-6-20-18(27-9-29-20)4-12(14)22-13-5-19-21(30-10-28-19)7-16(13)31-23(22)11-1-2-15-17(3-11)26-8-25-15/h1-7,24H,8-10H2. The topological polar surface area (TPSA) is 88.8 Å². The average molecular weight is 418 g/mol. The van der Waals surface area contributed by atoms with Crippen molar-refractivity contribution < 1.29 is 37.9 Å². The summed E-state index contributed by atoms with van der Waals surface area (Å²) in [5.74, 6) is 4.20. The van der Waals surface area contributed by atoms with E-state index in [4.69, 9.17) is 32.8 Å². The van der Waals surface area contributed by atoms with Crippen molar-refractivity contribution in [3.05, 3.63) is 42.5 Å². The van der Waals surface area contributed by atoms with Gasteiger partial charge in [-0.15, -0.1) is 0 Å². The molecule has 1 aromatic heterocycles. The highest BCUT2D eigenvalue weighted by atomic mass is 16.7. The van der Waals surface area contributed by atoms with Crippen LogP contribution in [0.1, 0.15) is 0 Å². The molecule has 0 atom stereocenters. The van der Waals surface area contributed by atoms with Gasteiger partial charge in [-0.3, -0.25) is 0 Å². The zero-order valence-corrected chi connectivity index (χ0v) is 16.0. The van der Waals surface area contributed by atoms with Crippen LogP contribution in [0.15, 0.2) is 46.9 Å². The van der Waals surface area contributed by atoms with Crippen LogP contribution in [0.5, 0.6) is 40.2 Å². The molecule has 7 rings (SSSR count). The molecule has 3 aliphatic heterocycles. The van der Waals surface area contributed by atoms with E-state index in [1.165, 1.54) is 0 Å². The van der Waals surface area contributed by atoms with Crippen molar-refractivity contribution in [1.29, 1.82) is 0 Å². The van der Waals surface area contributed by atoms with Gasteiger partial charge in [0, 0.05) is 34.2 Å². The lowest BCUT2D eigenvalue weighted by molar-refractivity contribution is 0.173. The summed E-state index contributed by atoms with van der Waals surface area (Å²) in [5, 5.41) is 11.6. The Labute approximate surface area is 175 Å². The molecule has 0 aliphatic carbocycles. The van der Waals surface area contributed by atoms with Crippen molar-refractivity contribution in [2.75, 3.05) is 20.4 Å². The second-order valence-corrected chi connectivity index (χ2v) is 7.30. The fraction of sp³-hybridized carbons (Fsp3) is 0.130. The van der Waals surface area contributed by atoms with Gasteiger partial charge < -0.3 is 37.9 Å². The monoisotopic (exact) mass is 418 g/mol. The van der Waals surface area contributed by atoms with Crippen LogP contribution in [0.4, 0.5) is 0 Å². The second-order valence-electron chi connectivity index (χ2n) is 7.30. The molecule has 0 spiro atoms. The number of benzene rings is 3. The van der Waals surface area contributed by atoms with Crippen LogP contribution in [0.25, 0.3) is 33.4 Å². The lowest BCUT2D eigenvalue weighted by Crippen LogP contribution is -1.93. The molecule has 4 aromatic rings. The summed E-state index contributed by atoms with van der Waals surface area (Å²) in [5.41, 5.74) is 2.62. The fourth-order valence-corrected chi connectivity index (χ4v) is 4.13. The molecular formula is C23H14O8. The van der Waals surface area contributed by atoms with Crippen LogP contribution in [0, 0.1) is 0 Å². The lowest BCUT2D eigenvalue weighted by Gasteiger charge is -2.09. The first kappa shape index (κ1) is 16.6. The van der Waals surface area contributed by atoms with Crippen LogP contribution in [-0.2, 0) is 0 Å². The number of furan rings is 1. The first-order valence-electron chi connectivity index (χ1n) is 9.64. The minimum absolute atomic E-state index is 0.0478. The van der Waals surface area contributed by atoms with Gasteiger partial charge in [0.25, 0.3) is 0 Å². The van der Waals surface area contributed by atoms with Crippen LogP contribution in [0.3, 0.4) is 0 Å². The van der Waals surface area contributed by atoms with Gasteiger partial charge in [0.05, 0.1) is 0 Å². The van der Waals surface area contributed by atoms with Crippen LogP contribution < -0.4 is 28.4 Å². The molecule has 0 fully saturated rings. The van der Waals surface area contributed by atoms with E-state index in [1.54, 1.807) is 18.2 Å². The predicted molar refractivity (Wildman–Crippen MR) is 107 cm³/mol. The van der Waals surface area contributed by atoms with Gasteiger partial charge in [0.1, 0.15) is 17.1 Å². The molecule has 8 nitrogen and oxygen atoms in total. The quantitative estimate of drug-likeness (QED) is 0.503. The number of fused-ring (bicyclic) bond motifs is 4. The Kier molecular flexibility index (Phi) is 3.16. The largest absolute Gasteiger partial charge is 0.507 e. The number of phenolic OH excluding ortho intramolecular Hbond substituents is 1. The molecule has 154 valence electrons. The zero-order chi connectivity index (χ0) is 20.5.